The highest BCUT2D eigenvalue weighted by molar-refractivity contribution is 6.18. The molecule has 1 fully saturated rings. The summed E-state index contributed by atoms with van der Waals surface area (Å²) in [5, 5.41) is 0. The van der Waals surface area contributed by atoms with Gasteiger partial charge in [0.05, 0.1) is 6.61 Å². The van der Waals surface area contributed by atoms with Crippen molar-refractivity contribution in [3.63, 3.8) is 0 Å². The molecule has 0 radical (unpaired) electrons. The normalized spacial score (nSPS) is 27.6. The molecule has 0 N–H and O–H groups in total. The molecule has 0 amide bonds. The minimum absolute atomic E-state index is 0.624. The lowest BCUT2D eigenvalue weighted by Gasteiger charge is -2.36. The Bertz CT molecular complexity index is 423. The summed E-state index contributed by atoms with van der Waals surface area (Å²) in [5.74, 6) is 3.20. The largest absolute Gasteiger partial charge is 0.493 e. The van der Waals surface area contributed by atoms with E-state index in [0.717, 1.165) is 31.2 Å². The van der Waals surface area contributed by atoms with Crippen LogP contribution in [0.1, 0.15) is 30.7 Å². The fraction of sp³-hybridized carbons (Fsp3) is 0.625. The molecule has 2 nitrogen and oxygen atoms in total. The summed E-state index contributed by atoms with van der Waals surface area (Å²) in [4.78, 5) is 2.60. The molecule has 1 aromatic carbocycles. The first-order valence-corrected chi connectivity index (χ1v) is 7.90. The summed E-state index contributed by atoms with van der Waals surface area (Å²) in [6.45, 7) is 4.41. The summed E-state index contributed by atoms with van der Waals surface area (Å²) in [7, 11) is 0. The highest BCUT2D eigenvalue weighted by Crippen LogP contribution is 2.34. The van der Waals surface area contributed by atoms with Crippen molar-refractivity contribution in [1.82, 2.24) is 4.90 Å². The monoisotopic (exact) mass is 279 g/mol. The minimum Gasteiger partial charge on any atom is -0.493 e. The van der Waals surface area contributed by atoms with Crippen LogP contribution in [0, 0.1) is 5.92 Å². The van der Waals surface area contributed by atoms with Gasteiger partial charge in [-0.2, -0.15) is 0 Å². The van der Waals surface area contributed by atoms with E-state index in [9.17, 15) is 0 Å². The zero-order valence-corrected chi connectivity index (χ0v) is 12.1. The number of hydrogen-bond donors (Lipinski definition) is 0. The molecule has 2 heterocycles. The van der Waals surface area contributed by atoms with E-state index in [1.165, 1.54) is 31.5 Å². The number of likely N-dealkylation sites (tertiary alicyclic amines) is 1. The van der Waals surface area contributed by atoms with Crippen molar-refractivity contribution in [1.29, 1.82) is 0 Å². The number of ether oxygens (including phenoxy) is 1. The summed E-state index contributed by atoms with van der Waals surface area (Å²) < 4.78 is 5.75. The lowest BCUT2D eigenvalue weighted by molar-refractivity contribution is 0.159. The molecule has 0 aliphatic carbocycles. The van der Waals surface area contributed by atoms with E-state index in [0.29, 0.717) is 11.8 Å². The molecule has 3 heteroatoms. The first-order valence-electron chi connectivity index (χ1n) is 7.37. The van der Waals surface area contributed by atoms with Crippen molar-refractivity contribution in [2.45, 2.75) is 25.2 Å². The Morgan fingerprint density at radius 3 is 3.05 bits per heavy atom. The molecule has 0 aromatic heterocycles. The van der Waals surface area contributed by atoms with Gasteiger partial charge in [0.1, 0.15) is 5.75 Å². The molecule has 104 valence electrons. The van der Waals surface area contributed by atoms with Crippen molar-refractivity contribution in [3.05, 3.63) is 29.8 Å². The Kier molecular flexibility index (Phi) is 4.29. The Morgan fingerprint density at radius 2 is 2.16 bits per heavy atom. The van der Waals surface area contributed by atoms with Gasteiger partial charge in [0.25, 0.3) is 0 Å². The van der Waals surface area contributed by atoms with Crippen LogP contribution in [-0.2, 0) is 0 Å². The molecule has 2 unspecified atom stereocenters. The van der Waals surface area contributed by atoms with Gasteiger partial charge in [-0.15, -0.1) is 11.6 Å². The van der Waals surface area contributed by atoms with Gasteiger partial charge in [0, 0.05) is 24.9 Å². The SMILES string of the molecule is ClCC1CCCN(CC2CCOc3ccccc32)C1. The van der Waals surface area contributed by atoms with Crippen LogP contribution < -0.4 is 4.74 Å². The van der Waals surface area contributed by atoms with Crippen LogP contribution in [0.15, 0.2) is 24.3 Å². The van der Waals surface area contributed by atoms with E-state index < -0.39 is 0 Å². The van der Waals surface area contributed by atoms with E-state index in [4.69, 9.17) is 16.3 Å². The highest BCUT2D eigenvalue weighted by atomic mass is 35.5. The maximum Gasteiger partial charge on any atom is 0.122 e. The summed E-state index contributed by atoms with van der Waals surface area (Å²) in [6, 6.07) is 8.51. The summed E-state index contributed by atoms with van der Waals surface area (Å²) in [6.07, 6.45) is 3.73. The van der Waals surface area contributed by atoms with E-state index >= 15 is 0 Å². The van der Waals surface area contributed by atoms with Gasteiger partial charge in [-0.25, -0.2) is 0 Å². The van der Waals surface area contributed by atoms with E-state index in [1.54, 1.807) is 0 Å². The molecule has 2 aliphatic rings. The highest BCUT2D eigenvalue weighted by Gasteiger charge is 2.26. The molecule has 1 aromatic rings. The van der Waals surface area contributed by atoms with Gasteiger partial charge in [-0.1, -0.05) is 18.2 Å². The molecule has 2 aliphatic heterocycles. The number of para-hydroxylation sites is 1. The molecule has 0 spiro atoms. The minimum atomic E-state index is 0.624. The average molecular weight is 280 g/mol. The topological polar surface area (TPSA) is 12.5 Å². The Labute approximate surface area is 120 Å². The third-order valence-electron chi connectivity index (χ3n) is 4.38. The lowest BCUT2D eigenvalue weighted by Crippen LogP contribution is -2.39. The quantitative estimate of drug-likeness (QED) is 0.785. The first kappa shape index (κ1) is 13.3. The predicted octanol–water partition coefficient (Wildman–Crippen LogP) is 3.50. The van der Waals surface area contributed by atoms with Gasteiger partial charge in [-0.05, 0) is 43.4 Å². The molecule has 1 saturated heterocycles. The second-order valence-electron chi connectivity index (χ2n) is 5.79. The zero-order valence-electron chi connectivity index (χ0n) is 11.4. The van der Waals surface area contributed by atoms with E-state index in [2.05, 4.69) is 29.2 Å². The maximum absolute atomic E-state index is 6.02. The van der Waals surface area contributed by atoms with Crippen LogP contribution in [0.2, 0.25) is 0 Å². The third kappa shape index (κ3) is 3.06. The molecular weight excluding hydrogens is 258 g/mol. The van der Waals surface area contributed by atoms with Gasteiger partial charge in [-0.3, -0.25) is 0 Å². The second-order valence-corrected chi connectivity index (χ2v) is 6.10. The Balaban J connectivity index is 1.67. The molecule has 0 bridgehead atoms. The third-order valence-corrected chi connectivity index (χ3v) is 4.82. The van der Waals surface area contributed by atoms with Crippen LogP contribution in [-0.4, -0.2) is 37.0 Å². The number of rotatable bonds is 3. The maximum atomic E-state index is 6.02. The molecule has 2 atom stereocenters. The second kappa shape index (κ2) is 6.15. The van der Waals surface area contributed by atoms with Crippen molar-refractivity contribution in [2.24, 2.45) is 5.92 Å². The predicted molar refractivity (Wildman–Crippen MR) is 79.2 cm³/mol. The number of alkyl halides is 1. The van der Waals surface area contributed by atoms with Crippen molar-refractivity contribution >= 4 is 11.6 Å². The number of fused-ring (bicyclic) bond motifs is 1. The number of piperidine rings is 1. The van der Waals surface area contributed by atoms with Crippen LogP contribution in [0.25, 0.3) is 0 Å². The van der Waals surface area contributed by atoms with Crippen molar-refractivity contribution in [3.8, 4) is 5.75 Å². The van der Waals surface area contributed by atoms with Crippen molar-refractivity contribution < 1.29 is 4.74 Å². The molecular formula is C16H22ClNO. The van der Waals surface area contributed by atoms with Crippen LogP contribution in [0.4, 0.5) is 0 Å². The zero-order chi connectivity index (χ0) is 13.1. The molecule has 19 heavy (non-hydrogen) atoms. The van der Waals surface area contributed by atoms with Crippen LogP contribution in [0.3, 0.4) is 0 Å². The van der Waals surface area contributed by atoms with E-state index in [-0.39, 0.29) is 0 Å². The van der Waals surface area contributed by atoms with Gasteiger partial charge < -0.3 is 9.64 Å². The first-order chi connectivity index (χ1) is 9.36. The van der Waals surface area contributed by atoms with Crippen molar-refractivity contribution in [2.75, 3.05) is 32.1 Å². The van der Waals surface area contributed by atoms with Gasteiger partial charge in [0.15, 0.2) is 0 Å². The van der Waals surface area contributed by atoms with Gasteiger partial charge >= 0.3 is 0 Å². The standard InChI is InChI=1S/C16H22ClNO/c17-10-13-4-3-8-18(11-13)12-14-7-9-19-16-6-2-1-5-15(14)16/h1-2,5-6,13-14H,3-4,7-12H2. The fourth-order valence-electron chi connectivity index (χ4n) is 3.36. The van der Waals surface area contributed by atoms with E-state index in [1.807, 2.05) is 0 Å². The van der Waals surface area contributed by atoms with Crippen LogP contribution >= 0.6 is 11.6 Å². The average Bonchev–Trinajstić information content (AvgIpc) is 2.48. The summed E-state index contributed by atoms with van der Waals surface area (Å²) in [5.41, 5.74) is 1.39. The smallest absolute Gasteiger partial charge is 0.122 e. The lowest BCUT2D eigenvalue weighted by atomic mass is 9.91. The number of benzene rings is 1. The molecule has 3 rings (SSSR count). The van der Waals surface area contributed by atoms with Gasteiger partial charge in [0.2, 0.25) is 0 Å². The number of nitrogens with zero attached hydrogens (tertiary/aromatic N) is 1. The molecule has 0 saturated carbocycles. The van der Waals surface area contributed by atoms with Crippen LogP contribution in [0.5, 0.6) is 5.75 Å². The number of hydrogen-bond acceptors (Lipinski definition) is 2. The summed E-state index contributed by atoms with van der Waals surface area (Å²) >= 11 is 6.02. The Morgan fingerprint density at radius 1 is 1.26 bits per heavy atom. The fourth-order valence-corrected chi connectivity index (χ4v) is 3.61. The Hall–Kier alpha value is -0.730. The number of halogens is 1.